The zero-order chi connectivity index (χ0) is 15.3. The first-order chi connectivity index (χ1) is 10.3. The van der Waals surface area contributed by atoms with Crippen molar-refractivity contribution in [2.45, 2.75) is 51.9 Å². The Hall–Kier alpha value is -0.580. The molecule has 3 nitrogen and oxygen atoms in total. The SMILES string of the molecule is CCCCCON(CCCCCCO)c1cccc(Br)c1. The fraction of sp³-hybridized carbons (Fsp3) is 0.647. The van der Waals surface area contributed by atoms with Crippen LogP contribution in [-0.2, 0) is 4.84 Å². The van der Waals surface area contributed by atoms with Gasteiger partial charge in [-0.2, -0.15) is 0 Å². The molecular weight excluding hydrogens is 330 g/mol. The maximum atomic E-state index is 8.81. The molecule has 0 bridgehead atoms. The summed E-state index contributed by atoms with van der Waals surface area (Å²) in [5.41, 5.74) is 1.10. The maximum Gasteiger partial charge on any atom is 0.0748 e. The molecule has 1 aromatic carbocycles. The number of rotatable bonds is 12. The van der Waals surface area contributed by atoms with Crippen LogP contribution in [0.5, 0.6) is 0 Å². The molecule has 0 aliphatic heterocycles. The van der Waals surface area contributed by atoms with E-state index in [0.29, 0.717) is 6.61 Å². The van der Waals surface area contributed by atoms with Crippen LogP contribution in [0.3, 0.4) is 0 Å². The molecule has 4 heteroatoms. The van der Waals surface area contributed by atoms with Crippen LogP contribution in [-0.4, -0.2) is 24.9 Å². The zero-order valence-corrected chi connectivity index (χ0v) is 14.6. The van der Waals surface area contributed by atoms with Gasteiger partial charge >= 0.3 is 0 Å². The third-order valence-electron chi connectivity index (χ3n) is 3.36. The van der Waals surface area contributed by atoms with Crippen LogP contribution in [0.25, 0.3) is 0 Å². The number of nitrogens with zero attached hydrogens (tertiary/aromatic N) is 1. The Kier molecular flexibility index (Phi) is 10.6. The van der Waals surface area contributed by atoms with E-state index in [4.69, 9.17) is 9.94 Å². The van der Waals surface area contributed by atoms with Gasteiger partial charge in [0.15, 0.2) is 0 Å². The molecule has 1 N–H and O–H groups in total. The van der Waals surface area contributed by atoms with Crippen molar-refractivity contribution in [3.63, 3.8) is 0 Å². The number of halogens is 1. The lowest BCUT2D eigenvalue weighted by Crippen LogP contribution is -2.25. The Labute approximate surface area is 137 Å². The highest BCUT2D eigenvalue weighted by molar-refractivity contribution is 9.10. The van der Waals surface area contributed by atoms with E-state index >= 15 is 0 Å². The quantitative estimate of drug-likeness (QED) is 0.425. The Morgan fingerprint density at radius 2 is 1.90 bits per heavy atom. The van der Waals surface area contributed by atoms with Crippen molar-refractivity contribution in [1.82, 2.24) is 0 Å². The van der Waals surface area contributed by atoms with Gasteiger partial charge in [-0.05, 0) is 37.5 Å². The molecule has 0 aliphatic rings. The topological polar surface area (TPSA) is 32.7 Å². The number of hydrogen-bond donors (Lipinski definition) is 1. The number of aliphatic hydroxyl groups is 1. The molecule has 1 aromatic rings. The molecule has 0 atom stereocenters. The highest BCUT2D eigenvalue weighted by atomic mass is 79.9. The van der Waals surface area contributed by atoms with Crippen molar-refractivity contribution < 1.29 is 9.94 Å². The van der Waals surface area contributed by atoms with Gasteiger partial charge in [0, 0.05) is 17.6 Å². The smallest absolute Gasteiger partial charge is 0.0748 e. The van der Waals surface area contributed by atoms with Crippen molar-refractivity contribution in [1.29, 1.82) is 0 Å². The highest BCUT2D eigenvalue weighted by Gasteiger charge is 2.07. The second kappa shape index (κ2) is 12.0. The average Bonchev–Trinajstić information content (AvgIpc) is 2.49. The van der Waals surface area contributed by atoms with Gasteiger partial charge in [0.1, 0.15) is 0 Å². The summed E-state index contributed by atoms with van der Waals surface area (Å²) in [4.78, 5) is 5.95. The fourth-order valence-corrected chi connectivity index (χ4v) is 2.53. The van der Waals surface area contributed by atoms with Crippen LogP contribution in [0.4, 0.5) is 5.69 Å². The van der Waals surface area contributed by atoms with Gasteiger partial charge in [-0.25, -0.2) is 0 Å². The van der Waals surface area contributed by atoms with Gasteiger partial charge in [-0.1, -0.05) is 54.6 Å². The van der Waals surface area contributed by atoms with Crippen LogP contribution >= 0.6 is 15.9 Å². The molecule has 0 heterocycles. The molecule has 0 aromatic heterocycles. The first-order valence-corrected chi connectivity index (χ1v) is 8.84. The predicted molar refractivity (Wildman–Crippen MR) is 92.5 cm³/mol. The second-order valence-electron chi connectivity index (χ2n) is 5.26. The molecular formula is C17H28BrNO2. The lowest BCUT2D eigenvalue weighted by molar-refractivity contribution is 0.103. The van der Waals surface area contributed by atoms with Gasteiger partial charge in [0.25, 0.3) is 0 Å². The number of hydroxylamine groups is 1. The van der Waals surface area contributed by atoms with E-state index in [2.05, 4.69) is 35.0 Å². The van der Waals surface area contributed by atoms with E-state index in [1.54, 1.807) is 0 Å². The lowest BCUT2D eigenvalue weighted by Gasteiger charge is -2.24. The van der Waals surface area contributed by atoms with Gasteiger partial charge in [-0.15, -0.1) is 0 Å². The van der Waals surface area contributed by atoms with Gasteiger partial charge in [0.2, 0.25) is 0 Å². The molecule has 0 amide bonds. The Bertz CT molecular complexity index is 374. The van der Waals surface area contributed by atoms with Crippen molar-refractivity contribution in [2.75, 3.05) is 24.8 Å². The standard InChI is InChI=1S/C17H28BrNO2/c1-2-3-8-14-21-19(12-6-4-5-7-13-20)17-11-9-10-16(18)15-17/h9-11,15,20H,2-8,12-14H2,1H3. The normalized spacial score (nSPS) is 10.8. The van der Waals surface area contributed by atoms with Crippen LogP contribution in [0.15, 0.2) is 28.7 Å². The molecule has 0 radical (unpaired) electrons. The number of unbranched alkanes of at least 4 members (excludes halogenated alkanes) is 5. The number of aliphatic hydroxyl groups excluding tert-OH is 1. The maximum absolute atomic E-state index is 8.81. The average molecular weight is 358 g/mol. The molecule has 0 saturated heterocycles. The Balaban J connectivity index is 2.45. The van der Waals surface area contributed by atoms with Crippen molar-refractivity contribution in [3.05, 3.63) is 28.7 Å². The monoisotopic (exact) mass is 357 g/mol. The van der Waals surface area contributed by atoms with Gasteiger partial charge in [0.05, 0.1) is 12.3 Å². The largest absolute Gasteiger partial charge is 0.396 e. The van der Waals surface area contributed by atoms with Crippen molar-refractivity contribution >= 4 is 21.6 Å². The number of anilines is 1. The summed E-state index contributed by atoms with van der Waals surface area (Å²) < 4.78 is 1.07. The van der Waals surface area contributed by atoms with E-state index < -0.39 is 0 Å². The summed E-state index contributed by atoms with van der Waals surface area (Å²) in [5.74, 6) is 0. The van der Waals surface area contributed by atoms with Gasteiger partial charge < -0.3 is 5.11 Å². The van der Waals surface area contributed by atoms with E-state index in [0.717, 1.165) is 55.4 Å². The minimum atomic E-state index is 0.295. The van der Waals surface area contributed by atoms with E-state index in [1.165, 1.54) is 12.8 Å². The molecule has 1 rings (SSSR count). The van der Waals surface area contributed by atoms with Crippen LogP contribution in [0, 0.1) is 0 Å². The molecule has 120 valence electrons. The molecule has 0 saturated carbocycles. The lowest BCUT2D eigenvalue weighted by atomic mass is 10.2. The first kappa shape index (κ1) is 18.5. The third-order valence-corrected chi connectivity index (χ3v) is 3.85. The Morgan fingerprint density at radius 3 is 2.62 bits per heavy atom. The first-order valence-electron chi connectivity index (χ1n) is 8.04. The molecule has 0 fully saturated rings. The third kappa shape index (κ3) is 8.44. The summed E-state index contributed by atoms with van der Waals surface area (Å²) in [7, 11) is 0. The highest BCUT2D eigenvalue weighted by Crippen LogP contribution is 2.21. The van der Waals surface area contributed by atoms with E-state index in [1.807, 2.05) is 17.2 Å². The van der Waals surface area contributed by atoms with Crippen molar-refractivity contribution in [2.24, 2.45) is 0 Å². The minimum Gasteiger partial charge on any atom is -0.396 e. The summed E-state index contributed by atoms with van der Waals surface area (Å²) in [6, 6.07) is 8.24. The molecule has 0 unspecified atom stereocenters. The van der Waals surface area contributed by atoms with Gasteiger partial charge in [-0.3, -0.25) is 9.90 Å². The number of benzene rings is 1. The Morgan fingerprint density at radius 1 is 1.10 bits per heavy atom. The summed E-state index contributed by atoms with van der Waals surface area (Å²) >= 11 is 3.52. The summed E-state index contributed by atoms with van der Waals surface area (Å²) in [6.07, 6.45) is 7.71. The second-order valence-corrected chi connectivity index (χ2v) is 6.18. The van der Waals surface area contributed by atoms with Crippen LogP contribution in [0.1, 0.15) is 51.9 Å². The van der Waals surface area contributed by atoms with Crippen LogP contribution < -0.4 is 5.06 Å². The van der Waals surface area contributed by atoms with E-state index in [9.17, 15) is 0 Å². The fourth-order valence-electron chi connectivity index (χ4n) is 2.15. The molecule has 0 aliphatic carbocycles. The minimum absolute atomic E-state index is 0.295. The zero-order valence-electron chi connectivity index (χ0n) is 13.1. The predicted octanol–water partition coefficient (Wildman–Crippen LogP) is 4.93. The molecule has 21 heavy (non-hydrogen) atoms. The summed E-state index contributed by atoms with van der Waals surface area (Å²) in [6.45, 7) is 4.17. The summed E-state index contributed by atoms with van der Waals surface area (Å²) in [5, 5.41) is 10.8. The van der Waals surface area contributed by atoms with E-state index in [-0.39, 0.29) is 0 Å². The molecule has 0 spiro atoms. The number of hydrogen-bond acceptors (Lipinski definition) is 3. The van der Waals surface area contributed by atoms with Crippen molar-refractivity contribution in [3.8, 4) is 0 Å². The van der Waals surface area contributed by atoms with Crippen LogP contribution in [0.2, 0.25) is 0 Å².